The van der Waals surface area contributed by atoms with Gasteiger partial charge < -0.3 is 0 Å². The van der Waals surface area contributed by atoms with Gasteiger partial charge in [0.2, 0.25) is 0 Å². The van der Waals surface area contributed by atoms with Crippen LogP contribution in [0.15, 0.2) is 78.4 Å². The summed E-state index contributed by atoms with van der Waals surface area (Å²) < 4.78 is 0. The Morgan fingerprint density at radius 3 is 1.38 bits per heavy atom. The fraction of sp³-hybridized carbons (Fsp3) is 0.667. The maximum Gasteiger partial charge on any atom is -0.0204 e. The molecule has 0 saturated heterocycles. The second-order valence-electron chi connectivity index (χ2n) is 14.1. The molecule has 1 aromatic carbocycles. The summed E-state index contributed by atoms with van der Waals surface area (Å²) in [4.78, 5) is 0. The molecular formula is C48H88. The minimum absolute atomic E-state index is 0.657. The molecular weight excluding hydrogens is 577 g/mol. The van der Waals surface area contributed by atoms with Gasteiger partial charge in [-0.25, -0.2) is 0 Å². The third-order valence-corrected chi connectivity index (χ3v) is 8.33. The van der Waals surface area contributed by atoms with E-state index in [1.54, 1.807) is 5.57 Å². The molecule has 0 radical (unpaired) electrons. The molecule has 0 unspecified atom stereocenters. The number of benzene rings is 1. The fourth-order valence-electron chi connectivity index (χ4n) is 4.21. The standard InChI is InChI=1S/C14H28.C10H12.C10H16.C6H12.2C4H10/c1-4-5-6-7-8-9-10-11-12-13-14(2)3;1-8(2)10-7-5-4-6-9(10)3;1-3-6-10-8-5-4-7-9(10)2;1-5(2)6(3)4;2*1-3-4-2/h2,4-13H2,1,3H3;4-7H,1H2,2-3H3;7-8H,3-6H2,1-2H3;6H,1H2,2-4H3;2*3-4H2,1-2H3. The summed E-state index contributed by atoms with van der Waals surface area (Å²) in [5.41, 5.74) is 9.39. The number of rotatable bonds is 16. The zero-order valence-corrected chi connectivity index (χ0v) is 35.4. The maximum atomic E-state index is 3.92. The van der Waals surface area contributed by atoms with Crippen LogP contribution >= 0.6 is 0 Å². The maximum absolute atomic E-state index is 3.92. The molecule has 0 saturated carbocycles. The third kappa shape index (κ3) is 41.9. The first-order valence-electron chi connectivity index (χ1n) is 20.2. The van der Waals surface area contributed by atoms with Gasteiger partial charge in [0.1, 0.15) is 0 Å². The van der Waals surface area contributed by atoms with E-state index in [9.17, 15) is 0 Å². The van der Waals surface area contributed by atoms with Gasteiger partial charge in [0.05, 0.1) is 0 Å². The van der Waals surface area contributed by atoms with Crippen molar-refractivity contribution in [1.29, 1.82) is 0 Å². The van der Waals surface area contributed by atoms with E-state index < -0.39 is 0 Å². The number of unbranched alkanes of at least 4 members (excludes halogenated alkanes) is 10. The molecule has 0 aliphatic heterocycles. The van der Waals surface area contributed by atoms with Gasteiger partial charge in [-0.2, -0.15) is 0 Å². The molecule has 280 valence electrons. The van der Waals surface area contributed by atoms with E-state index in [1.165, 1.54) is 143 Å². The van der Waals surface area contributed by atoms with Crippen molar-refractivity contribution in [2.24, 2.45) is 5.92 Å². The average Bonchev–Trinajstić information content (AvgIpc) is 3.06. The van der Waals surface area contributed by atoms with Crippen LogP contribution in [0.4, 0.5) is 0 Å². The lowest BCUT2D eigenvalue weighted by Gasteiger charge is -2.10. The molecule has 0 nitrogen and oxygen atoms in total. The van der Waals surface area contributed by atoms with Gasteiger partial charge >= 0.3 is 0 Å². The van der Waals surface area contributed by atoms with Crippen molar-refractivity contribution in [2.45, 2.75) is 206 Å². The topological polar surface area (TPSA) is 0 Å². The predicted molar refractivity (Wildman–Crippen MR) is 229 cm³/mol. The van der Waals surface area contributed by atoms with Gasteiger partial charge in [0.15, 0.2) is 0 Å². The molecule has 1 aliphatic carbocycles. The Morgan fingerprint density at radius 2 is 1.04 bits per heavy atom. The first kappa shape index (κ1) is 52.7. The molecule has 0 bridgehead atoms. The molecule has 1 aliphatic rings. The van der Waals surface area contributed by atoms with Crippen LogP contribution in [-0.4, -0.2) is 0 Å². The predicted octanol–water partition coefficient (Wildman–Crippen LogP) is 17.8. The molecule has 0 aromatic heterocycles. The highest BCUT2D eigenvalue weighted by atomic mass is 14.1. The smallest absolute Gasteiger partial charge is 0.0204 e. The van der Waals surface area contributed by atoms with Crippen LogP contribution in [0.3, 0.4) is 0 Å². The molecule has 0 fully saturated rings. The Labute approximate surface area is 305 Å². The molecule has 1 aromatic rings. The highest BCUT2D eigenvalue weighted by Gasteiger charge is 2.01. The van der Waals surface area contributed by atoms with Crippen LogP contribution in [-0.2, 0) is 0 Å². The van der Waals surface area contributed by atoms with Crippen LogP contribution in [0.1, 0.15) is 210 Å². The zero-order valence-electron chi connectivity index (χ0n) is 35.4. The quantitative estimate of drug-likeness (QED) is 0.122. The summed E-state index contributed by atoms with van der Waals surface area (Å²) in [5, 5.41) is 0. The van der Waals surface area contributed by atoms with Crippen molar-refractivity contribution in [2.75, 3.05) is 0 Å². The van der Waals surface area contributed by atoms with Crippen LogP contribution in [0.2, 0.25) is 0 Å². The van der Waals surface area contributed by atoms with Crippen LogP contribution < -0.4 is 0 Å². The lowest BCUT2D eigenvalue weighted by atomic mass is 9.96. The first-order valence-corrected chi connectivity index (χ1v) is 20.2. The van der Waals surface area contributed by atoms with Gasteiger partial charge in [-0.05, 0) is 89.3 Å². The molecule has 0 atom stereocenters. The lowest BCUT2D eigenvalue weighted by molar-refractivity contribution is 0.564. The molecule has 0 heteroatoms. The normalized spacial score (nSPS) is 11.2. The third-order valence-electron chi connectivity index (χ3n) is 8.33. The second-order valence-corrected chi connectivity index (χ2v) is 14.1. The zero-order chi connectivity index (χ0) is 37.6. The Balaban J connectivity index is -0.000000256. The van der Waals surface area contributed by atoms with E-state index in [0.29, 0.717) is 5.92 Å². The van der Waals surface area contributed by atoms with Gasteiger partial charge in [-0.15, -0.1) is 6.58 Å². The Hall–Kier alpha value is -2.08. The van der Waals surface area contributed by atoms with E-state index in [2.05, 4.69) is 120 Å². The van der Waals surface area contributed by atoms with E-state index in [0.717, 1.165) is 5.57 Å². The summed E-state index contributed by atoms with van der Waals surface area (Å²) >= 11 is 0. The lowest BCUT2D eigenvalue weighted by Crippen LogP contribution is -1.90. The highest BCUT2D eigenvalue weighted by Crippen LogP contribution is 2.21. The average molecular weight is 665 g/mol. The Morgan fingerprint density at radius 1 is 0.604 bits per heavy atom. The monoisotopic (exact) mass is 665 g/mol. The molecule has 0 N–H and O–H groups in total. The number of hydrogen-bond donors (Lipinski definition) is 0. The molecule has 0 spiro atoms. The summed E-state index contributed by atoms with van der Waals surface area (Å²) in [6.07, 6.45) is 29.1. The summed E-state index contributed by atoms with van der Waals surface area (Å²) in [5.74, 6) is 0.657. The summed E-state index contributed by atoms with van der Waals surface area (Å²) in [6, 6.07) is 8.28. The van der Waals surface area contributed by atoms with Crippen molar-refractivity contribution >= 4 is 5.57 Å². The second kappa shape index (κ2) is 41.1. The van der Waals surface area contributed by atoms with Gasteiger partial charge in [0, 0.05) is 0 Å². The largest absolute Gasteiger partial charge is 0.100 e. The molecule has 0 heterocycles. The van der Waals surface area contributed by atoms with Gasteiger partial charge in [0.25, 0.3) is 0 Å². The van der Waals surface area contributed by atoms with Crippen molar-refractivity contribution in [3.05, 3.63) is 89.6 Å². The van der Waals surface area contributed by atoms with Crippen LogP contribution in [0, 0.1) is 12.8 Å². The van der Waals surface area contributed by atoms with Crippen molar-refractivity contribution in [3.63, 3.8) is 0 Å². The Kier molecular flexibility index (Phi) is 45.1. The van der Waals surface area contributed by atoms with Crippen molar-refractivity contribution in [1.82, 2.24) is 0 Å². The highest BCUT2D eigenvalue weighted by molar-refractivity contribution is 5.64. The van der Waals surface area contributed by atoms with Crippen molar-refractivity contribution in [3.8, 4) is 0 Å². The summed E-state index contributed by atoms with van der Waals surface area (Å²) in [7, 11) is 0. The van der Waals surface area contributed by atoms with E-state index >= 15 is 0 Å². The fourth-order valence-corrected chi connectivity index (χ4v) is 4.21. The first-order chi connectivity index (χ1) is 22.8. The minimum Gasteiger partial charge on any atom is -0.100 e. The number of allylic oxidation sites excluding steroid dienone is 7. The van der Waals surface area contributed by atoms with E-state index in [-0.39, 0.29) is 0 Å². The SMILES string of the molecule is C=C(C)C(C)C.C=C(C)CCCCCCCCCCC.C=C(C)c1ccccc1C.CCCC.CCCC.CCCC1=CCCC=C1C. The molecule has 2 rings (SSSR count). The van der Waals surface area contributed by atoms with Gasteiger partial charge in [-0.1, -0.05) is 211 Å². The molecule has 0 amide bonds. The Bertz CT molecular complexity index is 911. The van der Waals surface area contributed by atoms with E-state index in [1.807, 2.05) is 26.0 Å². The number of aryl methyl sites for hydroxylation is 1. The summed E-state index contributed by atoms with van der Waals surface area (Å²) in [6.45, 7) is 39.6. The minimum atomic E-state index is 0.657. The van der Waals surface area contributed by atoms with Gasteiger partial charge in [-0.3, -0.25) is 0 Å². The van der Waals surface area contributed by atoms with Crippen LogP contribution in [0.25, 0.3) is 5.57 Å². The van der Waals surface area contributed by atoms with E-state index in [4.69, 9.17) is 0 Å². The molecule has 48 heavy (non-hydrogen) atoms. The number of hydrogen-bond acceptors (Lipinski definition) is 0. The van der Waals surface area contributed by atoms with Crippen molar-refractivity contribution < 1.29 is 0 Å². The van der Waals surface area contributed by atoms with Crippen LogP contribution in [0.5, 0.6) is 0 Å².